The molecule has 1 rings (SSSR count). The minimum atomic E-state index is -0.431. The molecule has 1 N–H and O–H groups in total. The first-order valence-electron chi connectivity index (χ1n) is 4.12. The van der Waals surface area contributed by atoms with Crippen molar-refractivity contribution < 1.29 is 14.4 Å². The number of amides is 2. The summed E-state index contributed by atoms with van der Waals surface area (Å²) in [6.45, 7) is 1.33. The number of nitrogens with zero attached hydrogens (tertiary/aromatic N) is 2. The smallest absolute Gasteiger partial charge is 0.250 e. The summed E-state index contributed by atoms with van der Waals surface area (Å²) in [5.74, 6) is -0.535. The number of amidine groups is 1. The molecule has 0 saturated heterocycles. The topological polar surface area (TPSA) is 78.8 Å². The molecule has 1 heterocycles. The first-order valence-corrected chi connectivity index (χ1v) is 4.12. The van der Waals surface area contributed by atoms with Crippen LogP contribution in [-0.4, -0.2) is 35.5 Å². The molecular formula is C8H11N3O3. The Morgan fingerprint density at radius 1 is 1.57 bits per heavy atom. The normalized spacial score (nSPS) is 15.4. The molecule has 0 aromatic rings. The highest BCUT2D eigenvalue weighted by Crippen LogP contribution is 2.02. The van der Waals surface area contributed by atoms with E-state index in [0.717, 1.165) is 5.01 Å². The zero-order chi connectivity index (χ0) is 10.7. The van der Waals surface area contributed by atoms with E-state index in [9.17, 15) is 14.4 Å². The summed E-state index contributed by atoms with van der Waals surface area (Å²) in [4.78, 5) is 32.6. The lowest BCUT2D eigenvalue weighted by molar-refractivity contribution is -0.127. The first kappa shape index (κ1) is 10.4. The highest BCUT2D eigenvalue weighted by molar-refractivity contribution is 6.12. The Labute approximate surface area is 80.9 Å². The van der Waals surface area contributed by atoms with Crippen LogP contribution in [0, 0.1) is 0 Å². The Morgan fingerprint density at radius 3 is 2.64 bits per heavy atom. The molecule has 0 atom stereocenters. The maximum atomic E-state index is 11.1. The van der Waals surface area contributed by atoms with Gasteiger partial charge in [0, 0.05) is 7.05 Å². The van der Waals surface area contributed by atoms with Crippen LogP contribution in [0.1, 0.15) is 19.8 Å². The fraction of sp³-hybridized carbons (Fsp3) is 0.500. The molecule has 1 aliphatic heterocycles. The molecular weight excluding hydrogens is 186 g/mol. The molecule has 6 nitrogen and oxygen atoms in total. The zero-order valence-corrected chi connectivity index (χ0v) is 8.03. The molecule has 0 bridgehead atoms. The second-order valence-electron chi connectivity index (χ2n) is 3.07. The van der Waals surface area contributed by atoms with Crippen molar-refractivity contribution >= 4 is 23.4 Å². The molecule has 0 saturated carbocycles. The van der Waals surface area contributed by atoms with E-state index < -0.39 is 5.91 Å². The third-order valence-electron chi connectivity index (χ3n) is 1.64. The minimum absolute atomic E-state index is 0.0835. The molecule has 0 radical (unpaired) electrons. The van der Waals surface area contributed by atoms with Crippen molar-refractivity contribution in [2.24, 2.45) is 5.10 Å². The molecule has 0 aliphatic carbocycles. The first-order chi connectivity index (χ1) is 6.49. The van der Waals surface area contributed by atoms with Gasteiger partial charge in [-0.05, 0) is 6.92 Å². The fourth-order valence-corrected chi connectivity index (χ4v) is 1.03. The highest BCUT2D eigenvalue weighted by Gasteiger charge is 2.21. The Balaban J connectivity index is 2.46. The number of hydrogen-bond acceptors (Lipinski definition) is 4. The molecule has 0 fully saturated rings. The van der Waals surface area contributed by atoms with Crippen molar-refractivity contribution in [2.45, 2.75) is 19.8 Å². The Hall–Kier alpha value is -1.72. The van der Waals surface area contributed by atoms with Crippen LogP contribution in [0.3, 0.4) is 0 Å². The lowest BCUT2D eigenvalue weighted by atomic mass is 10.3. The van der Waals surface area contributed by atoms with E-state index >= 15 is 0 Å². The molecule has 0 spiro atoms. The van der Waals surface area contributed by atoms with Crippen LogP contribution in [0.4, 0.5) is 0 Å². The van der Waals surface area contributed by atoms with Crippen molar-refractivity contribution in [3.63, 3.8) is 0 Å². The molecule has 14 heavy (non-hydrogen) atoms. The number of hydrogen-bond donors (Lipinski definition) is 1. The van der Waals surface area contributed by atoms with Crippen LogP contribution in [0.15, 0.2) is 5.10 Å². The monoisotopic (exact) mass is 197 g/mol. The summed E-state index contributed by atoms with van der Waals surface area (Å²) in [7, 11) is 1.51. The molecule has 0 aromatic carbocycles. The third-order valence-corrected chi connectivity index (χ3v) is 1.64. The quantitative estimate of drug-likeness (QED) is 0.592. The minimum Gasteiger partial charge on any atom is -0.312 e. The lowest BCUT2D eigenvalue weighted by Gasteiger charge is -2.00. The van der Waals surface area contributed by atoms with Gasteiger partial charge in [0.05, 0.1) is 12.8 Å². The predicted octanol–water partition coefficient (Wildman–Crippen LogP) is -0.743. The summed E-state index contributed by atoms with van der Waals surface area (Å²) < 4.78 is 0. The van der Waals surface area contributed by atoms with E-state index in [4.69, 9.17) is 0 Å². The van der Waals surface area contributed by atoms with Gasteiger partial charge in [-0.15, -0.1) is 0 Å². The summed E-state index contributed by atoms with van der Waals surface area (Å²) in [6.07, 6.45) is -0.100. The van der Waals surface area contributed by atoms with Crippen molar-refractivity contribution in [1.82, 2.24) is 10.3 Å². The highest BCUT2D eigenvalue weighted by atomic mass is 16.2. The van der Waals surface area contributed by atoms with Crippen molar-refractivity contribution in [1.29, 1.82) is 0 Å². The van der Waals surface area contributed by atoms with E-state index in [0.29, 0.717) is 5.84 Å². The largest absolute Gasteiger partial charge is 0.312 e. The number of Topliss-reactive ketones (excluding diaryl/α,β-unsaturated/α-hetero) is 1. The van der Waals surface area contributed by atoms with Gasteiger partial charge in [0.1, 0.15) is 11.6 Å². The van der Waals surface area contributed by atoms with E-state index in [1.165, 1.54) is 14.0 Å². The van der Waals surface area contributed by atoms with Gasteiger partial charge in [0.2, 0.25) is 11.8 Å². The third kappa shape index (κ3) is 2.65. The van der Waals surface area contributed by atoms with Gasteiger partial charge in [0.15, 0.2) is 0 Å². The van der Waals surface area contributed by atoms with E-state index in [1.807, 2.05) is 0 Å². The summed E-state index contributed by atoms with van der Waals surface area (Å²) in [5.41, 5.74) is 0. The van der Waals surface area contributed by atoms with Crippen molar-refractivity contribution in [3.8, 4) is 0 Å². The van der Waals surface area contributed by atoms with E-state index in [2.05, 4.69) is 10.4 Å². The Bertz CT molecular complexity index is 322. The fourth-order valence-electron chi connectivity index (χ4n) is 1.03. The van der Waals surface area contributed by atoms with E-state index in [-0.39, 0.29) is 24.5 Å². The van der Waals surface area contributed by atoms with Crippen LogP contribution in [-0.2, 0) is 14.4 Å². The second kappa shape index (κ2) is 3.99. The SMILES string of the molecule is CC(=O)CC(=O)NC1=NN(C)C(=O)C1. The average Bonchev–Trinajstić information content (AvgIpc) is 2.28. The summed E-state index contributed by atoms with van der Waals surface area (Å²) in [5, 5.41) is 7.33. The van der Waals surface area contributed by atoms with Crippen molar-refractivity contribution in [3.05, 3.63) is 0 Å². The summed E-state index contributed by atoms with van der Waals surface area (Å²) in [6, 6.07) is 0. The molecule has 76 valence electrons. The number of hydrazone groups is 1. The van der Waals surface area contributed by atoms with Crippen LogP contribution < -0.4 is 5.32 Å². The molecule has 0 aromatic heterocycles. The predicted molar refractivity (Wildman–Crippen MR) is 48.3 cm³/mol. The molecule has 6 heteroatoms. The van der Waals surface area contributed by atoms with Gasteiger partial charge < -0.3 is 5.32 Å². The van der Waals surface area contributed by atoms with Gasteiger partial charge in [-0.2, -0.15) is 5.10 Å². The van der Waals surface area contributed by atoms with Crippen molar-refractivity contribution in [2.75, 3.05) is 7.05 Å². The summed E-state index contributed by atoms with van der Waals surface area (Å²) >= 11 is 0. The Morgan fingerprint density at radius 2 is 2.21 bits per heavy atom. The number of carbonyl (C=O) groups is 3. The standard InChI is InChI=1S/C8H11N3O3/c1-5(12)3-7(13)9-6-4-8(14)11(2)10-6/h3-4H2,1-2H3,(H,9,10,13). The van der Waals surface area contributed by atoms with Crippen LogP contribution in [0.2, 0.25) is 0 Å². The molecule has 1 aliphatic rings. The lowest BCUT2D eigenvalue weighted by Crippen LogP contribution is -2.30. The Kier molecular flexibility index (Phi) is 2.95. The van der Waals surface area contributed by atoms with Crippen LogP contribution in [0.25, 0.3) is 0 Å². The molecule has 2 amide bonds. The van der Waals surface area contributed by atoms with Gasteiger partial charge in [-0.25, -0.2) is 5.01 Å². The number of nitrogens with one attached hydrogen (secondary N) is 1. The van der Waals surface area contributed by atoms with Gasteiger partial charge in [-0.1, -0.05) is 0 Å². The number of carbonyl (C=O) groups excluding carboxylic acids is 3. The maximum absolute atomic E-state index is 11.1. The van der Waals surface area contributed by atoms with Gasteiger partial charge in [0.25, 0.3) is 0 Å². The van der Waals surface area contributed by atoms with E-state index in [1.54, 1.807) is 0 Å². The maximum Gasteiger partial charge on any atom is 0.250 e. The second-order valence-corrected chi connectivity index (χ2v) is 3.07. The van der Waals surface area contributed by atoms with Gasteiger partial charge in [-0.3, -0.25) is 14.4 Å². The molecule has 0 unspecified atom stereocenters. The zero-order valence-electron chi connectivity index (χ0n) is 8.03. The van der Waals surface area contributed by atoms with Crippen LogP contribution >= 0.6 is 0 Å². The number of ketones is 1. The van der Waals surface area contributed by atoms with Gasteiger partial charge >= 0.3 is 0 Å². The number of rotatable bonds is 2. The van der Waals surface area contributed by atoms with Crippen LogP contribution in [0.5, 0.6) is 0 Å². The average molecular weight is 197 g/mol.